The van der Waals surface area contributed by atoms with Crippen LogP contribution < -0.4 is 11.1 Å². The Balaban J connectivity index is 1.66. The lowest BCUT2D eigenvalue weighted by Crippen LogP contribution is -2.33. The topological polar surface area (TPSA) is 89.4 Å². The molecule has 7 nitrogen and oxygen atoms in total. The maximum absolute atomic E-state index is 12.0. The van der Waals surface area contributed by atoms with Crippen molar-refractivity contribution in [3.8, 4) is 0 Å². The summed E-state index contributed by atoms with van der Waals surface area (Å²) in [5, 5.41) is 12.7. The van der Waals surface area contributed by atoms with Crippen molar-refractivity contribution in [1.82, 2.24) is 14.5 Å². The fourth-order valence-corrected chi connectivity index (χ4v) is 2.50. The fourth-order valence-electron chi connectivity index (χ4n) is 2.50. The van der Waals surface area contributed by atoms with Crippen LogP contribution in [0, 0.1) is 0 Å². The van der Waals surface area contributed by atoms with Gasteiger partial charge in [0.05, 0.1) is 5.52 Å². The van der Waals surface area contributed by atoms with Gasteiger partial charge >= 0.3 is 5.76 Å². The largest absolute Gasteiger partial charge is 0.420 e. The first-order chi connectivity index (χ1) is 11.1. The van der Waals surface area contributed by atoms with Gasteiger partial charge in [-0.2, -0.15) is 0 Å². The van der Waals surface area contributed by atoms with Crippen molar-refractivity contribution in [3.05, 3.63) is 58.8 Å². The smallest absolute Gasteiger partial charge is 0.408 e. The van der Waals surface area contributed by atoms with Crippen LogP contribution in [0.4, 0.5) is 0 Å². The minimum atomic E-state index is -0.809. The summed E-state index contributed by atoms with van der Waals surface area (Å²) in [6.45, 7) is -0.0864. The number of benzene rings is 1. The molecule has 3 rings (SSSR count). The lowest BCUT2D eigenvalue weighted by atomic mass is 10.2. The second kappa shape index (κ2) is 6.13. The van der Waals surface area contributed by atoms with Crippen LogP contribution in [0.25, 0.3) is 11.1 Å². The van der Waals surface area contributed by atoms with Gasteiger partial charge in [0.15, 0.2) is 5.58 Å². The molecule has 0 radical (unpaired) electrons. The number of para-hydroxylation sites is 2. The van der Waals surface area contributed by atoms with Crippen LogP contribution in [0.15, 0.2) is 51.8 Å². The minimum absolute atomic E-state index is 0.0707. The molecule has 2 N–H and O–H groups in total. The van der Waals surface area contributed by atoms with E-state index in [1.165, 1.54) is 4.57 Å². The first-order valence-electron chi connectivity index (χ1n) is 7.20. The van der Waals surface area contributed by atoms with E-state index >= 15 is 0 Å². The van der Waals surface area contributed by atoms with Gasteiger partial charge in [-0.25, -0.2) is 4.79 Å². The second-order valence-corrected chi connectivity index (χ2v) is 5.29. The third-order valence-electron chi connectivity index (χ3n) is 3.69. The number of nitrogens with zero attached hydrogens (tertiary/aromatic N) is 2. The zero-order valence-electron chi connectivity index (χ0n) is 12.6. The molecule has 1 aromatic carbocycles. The van der Waals surface area contributed by atoms with Crippen LogP contribution >= 0.6 is 0 Å². The van der Waals surface area contributed by atoms with Crippen molar-refractivity contribution in [2.45, 2.75) is 12.6 Å². The molecule has 3 aromatic rings. The summed E-state index contributed by atoms with van der Waals surface area (Å²) in [6, 6.07) is 10.5. The van der Waals surface area contributed by atoms with Crippen LogP contribution in [-0.4, -0.2) is 26.7 Å². The van der Waals surface area contributed by atoms with Gasteiger partial charge in [0.25, 0.3) is 0 Å². The Kier molecular flexibility index (Phi) is 4.03. The summed E-state index contributed by atoms with van der Waals surface area (Å²) in [5.41, 5.74) is 1.71. The first kappa shape index (κ1) is 15.1. The standard InChI is InChI=1S/C16H17N3O4/c1-18-8-4-6-11(18)13(20)9-17-15(21)10-19-12-5-2-3-7-14(12)23-16(19)22/h2-8,13,20H,9-10H2,1H3,(H,17,21). The van der Waals surface area contributed by atoms with E-state index in [-0.39, 0.29) is 19.0 Å². The van der Waals surface area contributed by atoms with E-state index in [1.807, 2.05) is 19.3 Å². The fraction of sp³-hybridized carbons (Fsp3) is 0.250. The summed E-state index contributed by atoms with van der Waals surface area (Å²) < 4.78 is 8.12. The second-order valence-electron chi connectivity index (χ2n) is 5.29. The number of hydrogen-bond acceptors (Lipinski definition) is 4. The maximum atomic E-state index is 12.0. The Hall–Kier alpha value is -2.80. The molecule has 2 heterocycles. The highest BCUT2D eigenvalue weighted by Gasteiger charge is 2.15. The van der Waals surface area contributed by atoms with Crippen molar-refractivity contribution in [2.24, 2.45) is 7.05 Å². The molecule has 1 unspecified atom stereocenters. The third kappa shape index (κ3) is 3.04. The number of oxazole rings is 1. The summed E-state index contributed by atoms with van der Waals surface area (Å²) in [7, 11) is 1.82. The number of aryl methyl sites for hydroxylation is 1. The molecule has 2 aromatic heterocycles. The lowest BCUT2D eigenvalue weighted by Gasteiger charge is -2.13. The molecule has 0 saturated heterocycles. The van der Waals surface area contributed by atoms with E-state index in [0.29, 0.717) is 16.8 Å². The van der Waals surface area contributed by atoms with Crippen LogP contribution in [0.2, 0.25) is 0 Å². The molecule has 120 valence electrons. The molecule has 0 aliphatic rings. The van der Waals surface area contributed by atoms with E-state index in [2.05, 4.69) is 5.32 Å². The summed E-state index contributed by atoms with van der Waals surface area (Å²) >= 11 is 0. The van der Waals surface area contributed by atoms with Gasteiger partial charge in [-0.15, -0.1) is 0 Å². The zero-order chi connectivity index (χ0) is 16.4. The molecule has 0 aliphatic carbocycles. The Labute approximate surface area is 131 Å². The van der Waals surface area contributed by atoms with Crippen molar-refractivity contribution < 1.29 is 14.3 Å². The molecule has 1 amide bonds. The zero-order valence-corrected chi connectivity index (χ0v) is 12.6. The number of amides is 1. The van der Waals surface area contributed by atoms with Gasteiger partial charge in [0.2, 0.25) is 5.91 Å². The number of aromatic nitrogens is 2. The molecule has 0 saturated carbocycles. The molecular formula is C16H17N3O4. The van der Waals surface area contributed by atoms with Crippen molar-refractivity contribution in [1.29, 1.82) is 0 Å². The van der Waals surface area contributed by atoms with Crippen molar-refractivity contribution in [3.63, 3.8) is 0 Å². The van der Waals surface area contributed by atoms with Gasteiger partial charge < -0.3 is 19.4 Å². The number of nitrogens with one attached hydrogen (secondary N) is 1. The SMILES string of the molecule is Cn1cccc1C(O)CNC(=O)Cn1c(=O)oc2ccccc21. The Bertz CT molecular complexity index is 890. The van der Waals surface area contributed by atoms with E-state index in [0.717, 1.165) is 0 Å². The third-order valence-corrected chi connectivity index (χ3v) is 3.69. The van der Waals surface area contributed by atoms with E-state index in [1.54, 1.807) is 34.9 Å². The number of carbonyl (C=O) groups is 1. The monoisotopic (exact) mass is 315 g/mol. The highest BCUT2D eigenvalue weighted by atomic mass is 16.4. The molecule has 23 heavy (non-hydrogen) atoms. The van der Waals surface area contributed by atoms with Crippen molar-refractivity contribution >= 4 is 17.0 Å². The minimum Gasteiger partial charge on any atom is -0.408 e. The van der Waals surface area contributed by atoms with Crippen LogP contribution in [0.1, 0.15) is 11.8 Å². The van der Waals surface area contributed by atoms with Crippen LogP contribution in [0.5, 0.6) is 0 Å². The van der Waals surface area contributed by atoms with Gasteiger partial charge in [-0.3, -0.25) is 9.36 Å². The summed E-state index contributed by atoms with van der Waals surface area (Å²) in [5.74, 6) is -0.948. The van der Waals surface area contributed by atoms with Crippen LogP contribution in [-0.2, 0) is 18.4 Å². The quantitative estimate of drug-likeness (QED) is 0.728. The normalized spacial score (nSPS) is 12.4. The van der Waals surface area contributed by atoms with Crippen molar-refractivity contribution in [2.75, 3.05) is 6.54 Å². The summed E-state index contributed by atoms with van der Waals surface area (Å²) in [6.07, 6.45) is 1.01. The van der Waals surface area contributed by atoms with Gasteiger partial charge in [-0.05, 0) is 24.3 Å². The van der Waals surface area contributed by atoms with Gasteiger partial charge in [0, 0.05) is 25.5 Å². The number of carbonyl (C=O) groups excluding carboxylic acids is 1. The Morgan fingerprint density at radius 1 is 1.30 bits per heavy atom. The average Bonchev–Trinajstić information content (AvgIpc) is 3.09. The van der Waals surface area contributed by atoms with E-state index in [9.17, 15) is 14.7 Å². The number of aliphatic hydroxyl groups is 1. The number of fused-ring (bicyclic) bond motifs is 1. The predicted octanol–water partition coefficient (Wildman–Crippen LogP) is 0.783. The molecular weight excluding hydrogens is 298 g/mol. The molecule has 1 atom stereocenters. The maximum Gasteiger partial charge on any atom is 0.420 e. The highest BCUT2D eigenvalue weighted by molar-refractivity contribution is 5.79. The van der Waals surface area contributed by atoms with Gasteiger partial charge in [0.1, 0.15) is 12.6 Å². The number of rotatable bonds is 5. The van der Waals surface area contributed by atoms with E-state index in [4.69, 9.17) is 4.42 Å². The highest BCUT2D eigenvalue weighted by Crippen LogP contribution is 2.12. The number of aliphatic hydroxyl groups excluding tert-OH is 1. The Morgan fingerprint density at radius 2 is 2.09 bits per heavy atom. The van der Waals surface area contributed by atoms with Gasteiger partial charge in [-0.1, -0.05) is 12.1 Å². The Morgan fingerprint density at radius 3 is 2.83 bits per heavy atom. The predicted molar refractivity (Wildman–Crippen MR) is 83.9 cm³/mol. The number of hydrogen-bond donors (Lipinski definition) is 2. The average molecular weight is 315 g/mol. The lowest BCUT2D eigenvalue weighted by molar-refractivity contribution is -0.122. The molecule has 0 spiro atoms. The first-order valence-corrected chi connectivity index (χ1v) is 7.20. The molecule has 7 heteroatoms. The molecule has 0 fully saturated rings. The summed E-state index contributed by atoms with van der Waals surface area (Å²) in [4.78, 5) is 23.8. The molecule has 0 aliphatic heterocycles. The van der Waals surface area contributed by atoms with E-state index < -0.39 is 11.9 Å². The molecule has 0 bridgehead atoms. The van der Waals surface area contributed by atoms with Crippen LogP contribution in [0.3, 0.4) is 0 Å².